The number of nitrogens with one attached hydrogen (secondary N) is 1. The zero-order valence-electron chi connectivity index (χ0n) is 16.1. The molecule has 2 aromatic heterocycles. The summed E-state index contributed by atoms with van der Waals surface area (Å²) in [4.78, 5) is 31.1. The van der Waals surface area contributed by atoms with Crippen molar-refractivity contribution < 1.29 is 40.7 Å². The molecule has 0 bridgehead atoms. The second-order valence-electron chi connectivity index (χ2n) is 6.39. The van der Waals surface area contributed by atoms with Crippen LogP contribution in [0.3, 0.4) is 0 Å². The van der Waals surface area contributed by atoms with Gasteiger partial charge in [-0.1, -0.05) is 6.92 Å². The van der Waals surface area contributed by atoms with Crippen LogP contribution in [0.4, 0.5) is 26.3 Å². The molecular weight excluding hydrogens is 432 g/mol. The van der Waals surface area contributed by atoms with Crippen molar-refractivity contribution in [2.45, 2.75) is 38.7 Å². The summed E-state index contributed by atoms with van der Waals surface area (Å²) in [5, 5.41) is 2.38. The molecule has 0 unspecified atom stereocenters. The predicted molar refractivity (Wildman–Crippen MR) is 95.2 cm³/mol. The van der Waals surface area contributed by atoms with Crippen LogP contribution in [0.25, 0.3) is 0 Å². The SMILES string of the molecule is CCC(=O)Cc1cc(C(=O)NCc2cnc(OCC(F)(F)F)c(C(F)(F)F)c2)ccn1. The van der Waals surface area contributed by atoms with E-state index >= 15 is 0 Å². The Bertz CT molecular complexity index is 944. The van der Waals surface area contributed by atoms with Crippen LogP contribution >= 0.6 is 0 Å². The Labute approximate surface area is 172 Å². The number of alkyl halides is 6. The van der Waals surface area contributed by atoms with Crippen LogP contribution in [0.15, 0.2) is 30.6 Å². The van der Waals surface area contributed by atoms with Gasteiger partial charge in [0.2, 0.25) is 5.88 Å². The number of ketones is 1. The summed E-state index contributed by atoms with van der Waals surface area (Å²) in [6, 6.07) is 3.30. The summed E-state index contributed by atoms with van der Waals surface area (Å²) in [5.74, 6) is -1.93. The number of carbonyl (C=O) groups excluding carboxylic acids is 2. The van der Waals surface area contributed by atoms with E-state index < -0.39 is 36.3 Å². The van der Waals surface area contributed by atoms with Gasteiger partial charge in [-0.05, 0) is 23.8 Å². The number of rotatable bonds is 8. The monoisotopic (exact) mass is 449 g/mol. The van der Waals surface area contributed by atoms with Crippen molar-refractivity contribution in [2.24, 2.45) is 0 Å². The molecule has 0 aliphatic carbocycles. The van der Waals surface area contributed by atoms with Crippen LogP contribution in [0.2, 0.25) is 0 Å². The average molecular weight is 449 g/mol. The van der Waals surface area contributed by atoms with Gasteiger partial charge in [-0.15, -0.1) is 0 Å². The van der Waals surface area contributed by atoms with Crippen LogP contribution < -0.4 is 10.1 Å². The van der Waals surface area contributed by atoms with Crippen molar-refractivity contribution in [2.75, 3.05) is 6.61 Å². The first-order chi connectivity index (χ1) is 14.4. The fraction of sp³-hybridized carbons (Fsp3) is 0.368. The van der Waals surface area contributed by atoms with E-state index in [9.17, 15) is 35.9 Å². The maximum Gasteiger partial charge on any atom is 0.422 e. The molecule has 0 atom stereocenters. The molecule has 1 amide bonds. The molecule has 6 nitrogen and oxygen atoms in total. The van der Waals surface area contributed by atoms with Gasteiger partial charge >= 0.3 is 12.4 Å². The van der Waals surface area contributed by atoms with E-state index in [4.69, 9.17) is 0 Å². The van der Waals surface area contributed by atoms with Crippen molar-refractivity contribution in [3.8, 4) is 5.88 Å². The molecule has 31 heavy (non-hydrogen) atoms. The molecule has 168 valence electrons. The third-order valence-corrected chi connectivity index (χ3v) is 3.89. The van der Waals surface area contributed by atoms with Gasteiger partial charge in [0, 0.05) is 43.0 Å². The van der Waals surface area contributed by atoms with Crippen LogP contribution in [0, 0.1) is 0 Å². The van der Waals surface area contributed by atoms with Gasteiger partial charge in [0.15, 0.2) is 6.61 Å². The second kappa shape index (κ2) is 9.75. The summed E-state index contributed by atoms with van der Waals surface area (Å²) < 4.78 is 80.4. The third kappa shape index (κ3) is 7.54. The minimum atomic E-state index is -5.01. The van der Waals surface area contributed by atoms with Crippen molar-refractivity contribution in [3.05, 3.63) is 53.0 Å². The van der Waals surface area contributed by atoms with E-state index in [1.54, 1.807) is 6.92 Å². The summed E-state index contributed by atoms with van der Waals surface area (Å²) in [7, 11) is 0. The fourth-order valence-corrected chi connectivity index (χ4v) is 2.39. The smallest absolute Gasteiger partial charge is 0.422 e. The van der Waals surface area contributed by atoms with E-state index in [1.165, 1.54) is 18.3 Å². The highest BCUT2D eigenvalue weighted by atomic mass is 19.4. The molecule has 2 rings (SSSR count). The summed E-state index contributed by atoms with van der Waals surface area (Å²) in [5.41, 5.74) is -1.09. The molecule has 1 N–H and O–H groups in total. The van der Waals surface area contributed by atoms with Crippen molar-refractivity contribution in [1.29, 1.82) is 0 Å². The van der Waals surface area contributed by atoms with Crippen molar-refractivity contribution >= 4 is 11.7 Å². The highest BCUT2D eigenvalue weighted by Crippen LogP contribution is 2.36. The topological polar surface area (TPSA) is 81.2 Å². The van der Waals surface area contributed by atoms with Crippen molar-refractivity contribution in [1.82, 2.24) is 15.3 Å². The fourth-order valence-electron chi connectivity index (χ4n) is 2.39. The second-order valence-corrected chi connectivity index (χ2v) is 6.39. The molecule has 0 saturated heterocycles. The summed E-state index contributed by atoms with van der Waals surface area (Å²) in [6.07, 6.45) is -7.31. The largest absolute Gasteiger partial charge is 0.468 e. The quantitative estimate of drug-likeness (QED) is 0.619. The lowest BCUT2D eigenvalue weighted by molar-refractivity contribution is -0.159. The number of amides is 1. The summed E-state index contributed by atoms with van der Waals surface area (Å²) in [6.45, 7) is -0.619. The lowest BCUT2D eigenvalue weighted by Crippen LogP contribution is -2.24. The molecular formula is C19H17F6N3O3. The average Bonchev–Trinajstić information content (AvgIpc) is 2.69. The van der Waals surface area contributed by atoms with Crippen LogP contribution in [0.1, 0.15) is 40.5 Å². The molecule has 12 heteroatoms. The van der Waals surface area contributed by atoms with E-state index in [0.29, 0.717) is 18.2 Å². The lowest BCUT2D eigenvalue weighted by atomic mass is 10.1. The number of ether oxygens (including phenoxy) is 1. The van der Waals surface area contributed by atoms with Gasteiger partial charge in [0.1, 0.15) is 11.3 Å². The number of pyridine rings is 2. The van der Waals surface area contributed by atoms with Gasteiger partial charge in [0.25, 0.3) is 5.91 Å². The first-order valence-corrected chi connectivity index (χ1v) is 8.89. The Kier molecular flexibility index (Phi) is 7.58. The Morgan fingerprint density at radius 1 is 1.10 bits per heavy atom. The minimum Gasteiger partial charge on any atom is -0.468 e. The number of hydrogen-bond acceptors (Lipinski definition) is 5. The van der Waals surface area contributed by atoms with Gasteiger partial charge in [0.05, 0.1) is 0 Å². The van der Waals surface area contributed by atoms with Gasteiger partial charge < -0.3 is 10.1 Å². The predicted octanol–water partition coefficient (Wildman–Crippen LogP) is 3.89. The lowest BCUT2D eigenvalue weighted by Gasteiger charge is -2.15. The molecule has 2 heterocycles. The number of hydrogen-bond donors (Lipinski definition) is 1. The molecule has 0 aromatic carbocycles. The number of Topliss-reactive ketones (excluding diaryl/α,β-unsaturated/α-hetero) is 1. The van der Waals surface area contributed by atoms with E-state index in [0.717, 1.165) is 6.20 Å². The first-order valence-electron chi connectivity index (χ1n) is 8.89. The first kappa shape index (κ1) is 24.1. The Hall–Kier alpha value is -3.18. The third-order valence-electron chi connectivity index (χ3n) is 3.89. The standard InChI is InChI=1S/C19H17F6N3O3/c1-2-14(29)7-13-6-12(3-4-26-13)16(30)27-8-11-5-15(19(23,24)25)17(28-9-11)31-10-18(20,21)22/h3-6,9H,2,7-8,10H2,1H3,(H,27,30). The molecule has 0 fully saturated rings. The number of aromatic nitrogens is 2. The summed E-state index contributed by atoms with van der Waals surface area (Å²) >= 11 is 0. The zero-order chi connectivity index (χ0) is 23.2. The molecule has 2 aromatic rings. The molecule has 0 spiro atoms. The van der Waals surface area contributed by atoms with Crippen LogP contribution in [-0.4, -0.2) is 34.4 Å². The van der Waals surface area contributed by atoms with Gasteiger partial charge in [-0.2, -0.15) is 26.3 Å². The highest BCUT2D eigenvalue weighted by Gasteiger charge is 2.37. The van der Waals surface area contributed by atoms with Gasteiger partial charge in [-0.3, -0.25) is 14.6 Å². The van der Waals surface area contributed by atoms with E-state index in [-0.39, 0.29) is 29.9 Å². The van der Waals surface area contributed by atoms with Crippen molar-refractivity contribution in [3.63, 3.8) is 0 Å². The Morgan fingerprint density at radius 3 is 2.42 bits per heavy atom. The van der Waals surface area contributed by atoms with E-state index in [1.807, 2.05) is 0 Å². The molecule has 0 saturated carbocycles. The Balaban J connectivity index is 2.12. The normalized spacial score (nSPS) is 11.8. The maximum absolute atomic E-state index is 13.2. The molecule has 0 radical (unpaired) electrons. The minimum absolute atomic E-state index is 0.0376. The highest BCUT2D eigenvalue weighted by molar-refractivity contribution is 5.94. The van der Waals surface area contributed by atoms with Crippen LogP contribution in [0.5, 0.6) is 5.88 Å². The molecule has 0 aliphatic heterocycles. The number of halogens is 6. The molecule has 0 aliphatic rings. The zero-order valence-corrected chi connectivity index (χ0v) is 16.1. The number of carbonyl (C=O) groups is 2. The maximum atomic E-state index is 13.2. The van der Waals surface area contributed by atoms with Crippen LogP contribution in [-0.2, 0) is 23.9 Å². The van der Waals surface area contributed by atoms with E-state index in [2.05, 4.69) is 20.0 Å². The number of nitrogens with zero attached hydrogens (tertiary/aromatic N) is 2. The van der Waals surface area contributed by atoms with Gasteiger partial charge in [-0.25, -0.2) is 4.98 Å². The Morgan fingerprint density at radius 2 is 1.81 bits per heavy atom.